The molecule has 0 amide bonds. The molecule has 0 saturated carbocycles. The fourth-order valence-electron chi connectivity index (χ4n) is 3.25. The second kappa shape index (κ2) is 7.31. The fourth-order valence-corrected chi connectivity index (χ4v) is 3.25. The average Bonchev–Trinajstić information content (AvgIpc) is 3.11. The third-order valence-electron chi connectivity index (χ3n) is 4.66. The maximum atomic E-state index is 12.9. The monoisotopic (exact) mass is 392 g/mol. The lowest BCUT2D eigenvalue weighted by atomic mass is 10.2. The van der Waals surface area contributed by atoms with Crippen molar-refractivity contribution in [3.05, 3.63) is 58.1 Å². The molecule has 2 aromatic heterocycles. The van der Waals surface area contributed by atoms with E-state index in [1.807, 2.05) is 25.1 Å². The molecule has 148 valence electrons. The average molecular weight is 392 g/mol. The summed E-state index contributed by atoms with van der Waals surface area (Å²) in [6.45, 7) is 2.00. The summed E-state index contributed by atoms with van der Waals surface area (Å²) in [5.41, 5.74) is 3.40. The number of nitrogens with one attached hydrogen (secondary N) is 1. The minimum atomic E-state index is -0.285. The normalized spacial score (nSPS) is 11.4. The van der Waals surface area contributed by atoms with Crippen molar-refractivity contribution in [2.24, 2.45) is 5.10 Å². The first-order valence-corrected chi connectivity index (χ1v) is 8.89. The highest BCUT2D eigenvalue weighted by molar-refractivity contribution is 6.04. The Morgan fingerprint density at radius 1 is 1.07 bits per heavy atom. The van der Waals surface area contributed by atoms with E-state index in [9.17, 15) is 4.79 Å². The van der Waals surface area contributed by atoms with Crippen molar-refractivity contribution in [3.8, 4) is 17.2 Å². The number of nitrogens with zero attached hydrogens (tertiary/aromatic N) is 3. The molecule has 2 heterocycles. The molecule has 8 nitrogen and oxygen atoms in total. The largest absolute Gasteiger partial charge is 0.493 e. The zero-order valence-electron chi connectivity index (χ0n) is 16.5. The van der Waals surface area contributed by atoms with E-state index < -0.39 is 0 Å². The number of ether oxygens (including phenoxy) is 3. The molecule has 4 rings (SSSR count). The van der Waals surface area contributed by atoms with Crippen LogP contribution in [0, 0.1) is 6.92 Å². The van der Waals surface area contributed by atoms with Gasteiger partial charge in [0.25, 0.3) is 5.56 Å². The van der Waals surface area contributed by atoms with Crippen LogP contribution in [0.15, 0.2) is 46.6 Å². The lowest BCUT2D eigenvalue weighted by Gasteiger charge is -2.12. The SMILES string of the molecule is COc1cc(C=Nn2cnc3c([nH]c4ccc(C)cc43)c2=O)cc(OC)c1OC. The Morgan fingerprint density at radius 2 is 1.79 bits per heavy atom. The first-order chi connectivity index (χ1) is 14.0. The Balaban J connectivity index is 1.78. The van der Waals surface area contributed by atoms with Gasteiger partial charge in [0.1, 0.15) is 17.4 Å². The van der Waals surface area contributed by atoms with E-state index >= 15 is 0 Å². The van der Waals surface area contributed by atoms with Crippen molar-refractivity contribution >= 4 is 28.2 Å². The summed E-state index contributed by atoms with van der Waals surface area (Å²) >= 11 is 0. The molecule has 0 radical (unpaired) electrons. The Labute approximate surface area is 166 Å². The minimum absolute atomic E-state index is 0.285. The van der Waals surface area contributed by atoms with Crippen LogP contribution in [-0.2, 0) is 0 Å². The molecule has 0 aliphatic rings. The quantitative estimate of drug-likeness (QED) is 0.527. The number of aromatic amines is 1. The highest BCUT2D eigenvalue weighted by Crippen LogP contribution is 2.37. The number of rotatable bonds is 5. The van der Waals surface area contributed by atoms with Crippen molar-refractivity contribution in [1.82, 2.24) is 14.6 Å². The molecule has 1 N–H and O–H groups in total. The third kappa shape index (κ3) is 3.18. The summed E-state index contributed by atoms with van der Waals surface area (Å²) in [4.78, 5) is 20.4. The van der Waals surface area contributed by atoms with Gasteiger partial charge in [0, 0.05) is 16.5 Å². The zero-order chi connectivity index (χ0) is 20.5. The smallest absolute Gasteiger partial charge is 0.298 e. The number of fused-ring (bicyclic) bond motifs is 3. The molecule has 0 fully saturated rings. The van der Waals surface area contributed by atoms with Crippen molar-refractivity contribution in [1.29, 1.82) is 0 Å². The van der Waals surface area contributed by atoms with Crippen LogP contribution < -0.4 is 19.8 Å². The molecule has 0 saturated heterocycles. The molecule has 2 aromatic carbocycles. The lowest BCUT2D eigenvalue weighted by Crippen LogP contribution is -2.17. The van der Waals surface area contributed by atoms with E-state index in [0.29, 0.717) is 33.8 Å². The first-order valence-electron chi connectivity index (χ1n) is 8.89. The molecule has 4 aromatic rings. The molecule has 29 heavy (non-hydrogen) atoms. The van der Waals surface area contributed by atoms with Gasteiger partial charge in [0.15, 0.2) is 11.5 Å². The van der Waals surface area contributed by atoms with Crippen molar-refractivity contribution in [2.75, 3.05) is 21.3 Å². The van der Waals surface area contributed by atoms with E-state index in [-0.39, 0.29) is 5.56 Å². The first kappa shape index (κ1) is 18.5. The van der Waals surface area contributed by atoms with Gasteiger partial charge in [-0.05, 0) is 31.2 Å². The molecule has 0 bridgehead atoms. The van der Waals surface area contributed by atoms with E-state index in [1.54, 1.807) is 12.1 Å². The molecule has 0 unspecified atom stereocenters. The van der Waals surface area contributed by atoms with Crippen molar-refractivity contribution in [2.45, 2.75) is 6.92 Å². The Kier molecular flexibility index (Phi) is 4.67. The molecular formula is C21H20N4O4. The van der Waals surface area contributed by atoms with Crippen LogP contribution >= 0.6 is 0 Å². The molecular weight excluding hydrogens is 372 g/mol. The maximum absolute atomic E-state index is 12.9. The predicted octanol–water partition coefficient (Wildman–Crippen LogP) is 3.09. The maximum Gasteiger partial charge on any atom is 0.298 e. The van der Waals surface area contributed by atoms with E-state index in [2.05, 4.69) is 15.1 Å². The second-order valence-corrected chi connectivity index (χ2v) is 6.50. The summed E-state index contributed by atoms with van der Waals surface area (Å²) < 4.78 is 17.2. The fraction of sp³-hybridized carbons (Fsp3) is 0.190. The van der Waals surface area contributed by atoms with Crippen LogP contribution in [0.1, 0.15) is 11.1 Å². The zero-order valence-corrected chi connectivity index (χ0v) is 16.5. The van der Waals surface area contributed by atoms with Crippen molar-refractivity contribution in [3.63, 3.8) is 0 Å². The number of aryl methyl sites for hydroxylation is 1. The molecule has 0 atom stereocenters. The van der Waals surface area contributed by atoms with Gasteiger partial charge in [-0.1, -0.05) is 11.6 Å². The number of aromatic nitrogens is 3. The van der Waals surface area contributed by atoms with Crippen LogP contribution in [0.3, 0.4) is 0 Å². The summed E-state index contributed by atoms with van der Waals surface area (Å²) in [5.74, 6) is 1.49. The Hall–Kier alpha value is -3.81. The van der Waals surface area contributed by atoms with Gasteiger partial charge in [0.2, 0.25) is 5.75 Å². The summed E-state index contributed by atoms with van der Waals surface area (Å²) in [6.07, 6.45) is 2.95. The summed E-state index contributed by atoms with van der Waals surface area (Å²) in [6, 6.07) is 9.42. The summed E-state index contributed by atoms with van der Waals surface area (Å²) in [7, 11) is 4.62. The van der Waals surface area contributed by atoms with Gasteiger partial charge in [-0.2, -0.15) is 9.78 Å². The van der Waals surface area contributed by atoms with Crippen LogP contribution in [-0.4, -0.2) is 42.2 Å². The van der Waals surface area contributed by atoms with Gasteiger partial charge in [-0.3, -0.25) is 4.79 Å². The molecule has 0 spiro atoms. The minimum Gasteiger partial charge on any atom is -0.493 e. The van der Waals surface area contributed by atoms with E-state index in [4.69, 9.17) is 14.2 Å². The predicted molar refractivity (Wildman–Crippen MR) is 112 cm³/mol. The molecule has 0 aliphatic carbocycles. The lowest BCUT2D eigenvalue weighted by molar-refractivity contribution is 0.324. The van der Waals surface area contributed by atoms with Gasteiger partial charge in [0.05, 0.1) is 27.5 Å². The third-order valence-corrected chi connectivity index (χ3v) is 4.66. The van der Waals surface area contributed by atoms with Crippen LogP contribution in [0.2, 0.25) is 0 Å². The number of benzene rings is 2. The molecule has 8 heteroatoms. The number of hydrogen-bond acceptors (Lipinski definition) is 6. The highest BCUT2D eigenvalue weighted by Gasteiger charge is 2.13. The number of H-pyrrole nitrogens is 1. The topological polar surface area (TPSA) is 90.7 Å². The van der Waals surface area contributed by atoms with Crippen LogP contribution in [0.4, 0.5) is 0 Å². The van der Waals surface area contributed by atoms with Gasteiger partial charge in [-0.25, -0.2) is 4.98 Å². The second-order valence-electron chi connectivity index (χ2n) is 6.50. The standard InChI is InChI=1S/C21H20N4O4/c1-12-5-6-15-14(7-12)18-19(24-15)21(26)25(11-22-18)23-10-13-8-16(27-2)20(29-4)17(9-13)28-3/h5-11,24H,1-4H3. The number of hydrogen-bond donors (Lipinski definition) is 1. The van der Waals surface area contributed by atoms with E-state index in [1.165, 1.54) is 38.5 Å². The Bertz CT molecular complexity index is 1280. The highest BCUT2D eigenvalue weighted by atomic mass is 16.5. The Morgan fingerprint density at radius 3 is 2.45 bits per heavy atom. The summed E-state index contributed by atoms with van der Waals surface area (Å²) in [5, 5.41) is 5.18. The molecule has 0 aliphatic heterocycles. The van der Waals surface area contributed by atoms with Gasteiger partial charge >= 0.3 is 0 Å². The van der Waals surface area contributed by atoms with Gasteiger partial charge < -0.3 is 19.2 Å². The van der Waals surface area contributed by atoms with Crippen LogP contribution in [0.25, 0.3) is 21.9 Å². The number of methoxy groups -OCH3 is 3. The van der Waals surface area contributed by atoms with Gasteiger partial charge in [-0.15, -0.1) is 0 Å². The van der Waals surface area contributed by atoms with Crippen molar-refractivity contribution < 1.29 is 14.2 Å². The van der Waals surface area contributed by atoms with Crippen LogP contribution in [0.5, 0.6) is 17.2 Å². The van der Waals surface area contributed by atoms with E-state index in [0.717, 1.165) is 16.5 Å².